The highest BCUT2D eigenvalue weighted by Gasteiger charge is 2.07. The predicted octanol–water partition coefficient (Wildman–Crippen LogP) is 4.16. The zero-order valence-corrected chi connectivity index (χ0v) is 13.5. The van der Waals surface area contributed by atoms with Crippen LogP contribution in [0.1, 0.15) is 17.7 Å². The lowest BCUT2D eigenvalue weighted by atomic mass is 9.99. The van der Waals surface area contributed by atoms with Crippen LogP contribution in [0.15, 0.2) is 67.1 Å². The number of aliphatic hydroxyl groups is 1. The third-order valence-electron chi connectivity index (χ3n) is 4.57. The largest absolute Gasteiger partial charge is 0.396 e. The molecule has 1 heterocycles. The Bertz CT molecular complexity index is 987. The lowest BCUT2D eigenvalue weighted by Gasteiger charge is -2.11. The van der Waals surface area contributed by atoms with E-state index in [0.29, 0.717) is 0 Å². The molecule has 0 bridgehead atoms. The number of nitrogens with zero attached hydrogens (tertiary/aromatic N) is 2. The van der Waals surface area contributed by atoms with E-state index in [1.54, 1.807) is 0 Å². The summed E-state index contributed by atoms with van der Waals surface area (Å²) in [5.74, 6) is 0. The molecule has 0 aliphatic carbocycles. The molecule has 0 amide bonds. The van der Waals surface area contributed by atoms with Gasteiger partial charge in [0.2, 0.25) is 0 Å². The highest BCUT2D eigenvalue weighted by molar-refractivity contribution is 5.99. The molecule has 0 atom stereocenters. The summed E-state index contributed by atoms with van der Waals surface area (Å²) in [7, 11) is 0. The third kappa shape index (κ3) is 2.79. The van der Waals surface area contributed by atoms with Gasteiger partial charge in [0.15, 0.2) is 0 Å². The Labute approximate surface area is 141 Å². The Kier molecular flexibility index (Phi) is 4.01. The number of fused-ring (bicyclic) bond motifs is 2. The van der Waals surface area contributed by atoms with E-state index in [1.165, 1.54) is 32.8 Å². The van der Waals surface area contributed by atoms with Crippen molar-refractivity contribution in [2.75, 3.05) is 6.61 Å². The molecule has 3 aromatic carbocycles. The normalized spacial score (nSPS) is 11.4. The van der Waals surface area contributed by atoms with Gasteiger partial charge in [-0.05, 0) is 52.1 Å². The van der Waals surface area contributed by atoms with Crippen LogP contribution >= 0.6 is 0 Å². The van der Waals surface area contributed by atoms with Crippen LogP contribution in [0.3, 0.4) is 0 Å². The molecule has 0 saturated heterocycles. The molecule has 24 heavy (non-hydrogen) atoms. The maximum Gasteiger partial charge on any atom is 0.0951 e. The van der Waals surface area contributed by atoms with Crippen LogP contribution in [0.2, 0.25) is 0 Å². The molecular formula is C21H20N2O. The van der Waals surface area contributed by atoms with Crippen molar-refractivity contribution in [2.45, 2.75) is 19.4 Å². The van der Waals surface area contributed by atoms with Crippen LogP contribution < -0.4 is 0 Å². The number of hydrogen-bond donors (Lipinski definition) is 1. The van der Waals surface area contributed by atoms with Gasteiger partial charge >= 0.3 is 0 Å². The molecule has 3 heteroatoms. The fraction of sp³-hybridized carbons (Fsp3) is 0.190. The lowest BCUT2D eigenvalue weighted by molar-refractivity contribution is 0.287. The van der Waals surface area contributed by atoms with Crippen LogP contribution in [-0.2, 0) is 13.0 Å². The predicted molar refractivity (Wildman–Crippen MR) is 98.2 cm³/mol. The van der Waals surface area contributed by atoms with E-state index in [1.807, 2.05) is 12.5 Å². The first-order chi connectivity index (χ1) is 11.8. The van der Waals surface area contributed by atoms with Gasteiger partial charge in [-0.25, -0.2) is 4.98 Å². The van der Waals surface area contributed by atoms with Crippen molar-refractivity contribution >= 4 is 21.5 Å². The number of aliphatic hydroxyl groups excluding tert-OH is 1. The lowest BCUT2D eigenvalue weighted by Crippen LogP contribution is -2.04. The molecule has 4 aromatic rings. The van der Waals surface area contributed by atoms with E-state index < -0.39 is 0 Å². The maximum atomic E-state index is 9.06. The Morgan fingerprint density at radius 2 is 1.71 bits per heavy atom. The van der Waals surface area contributed by atoms with Gasteiger partial charge in [0.05, 0.1) is 6.33 Å². The smallest absolute Gasteiger partial charge is 0.0951 e. The third-order valence-corrected chi connectivity index (χ3v) is 4.57. The van der Waals surface area contributed by atoms with Crippen molar-refractivity contribution in [1.82, 2.24) is 9.55 Å². The fourth-order valence-electron chi connectivity index (χ4n) is 3.31. The zero-order valence-electron chi connectivity index (χ0n) is 13.5. The van der Waals surface area contributed by atoms with Crippen LogP contribution in [0.5, 0.6) is 0 Å². The number of imidazole rings is 1. The maximum absolute atomic E-state index is 9.06. The molecule has 1 aromatic heterocycles. The Hall–Kier alpha value is -2.65. The molecule has 4 rings (SSSR count). The van der Waals surface area contributed by atoms with Gasteiger partial charge < -0.3 is 9.67 Å². The summed E-state index contributed by atoms with van der Waals surface area (Å²) in [6.45, 7) is 1.02. The van der Waals surface area contributed by atoms with Crippen molar-refractivity contribution < 1.29 is 5.11 Å². The van der Waals surface area contributed by atoms with Crippen molar-refractivity contribution in [3.63, 3.8) is 0 Å². The van der Waals surface area contributed by atoms with Crippen molar-refractivity contribution in [3.05, 3.63) is 78.4 Å². The van der Waals surface area contributed by atoms with Gasteiger partial charge in [-0.3, -0.25) is 0 Å². The van der Waals surface area contributed by atoms with E-state index in [-0.39, 0.29) is 6.61 Å². The molecule has 0 spiro atoms. The van der Waals surface area contributed by atoms with Gasteiger partial charge in [0.25, 0.3) is 0 Å². The topological polar surface area (TPSA) is 38.1 Å². The molecule has 0 saturated carbocycles. The molecule has 0 aliphatic rings. The summed E-state index contributed by atoms with van der Waals surface area (Å²) < 4.78 is 2.18. The second-order valence-electron chi connectivity index (χ2n) is 6.18. The molecule has 0 aliphatic heterocycles. The summed E-state index contributed by atoms with van der Waals surface area (Å²) >= 11 is 0. The van der Waals surface area contributed by atoms with E-state index in [9.17, 15) is 0 Å². The van der Waals surface area contributed by atoms with Gasteiger partial charge in [0, 0.05) is 25.0 Å². The van der Waals surface area contributed by atoms with E-state index >= 15 is 0 Å². The monoisotopic (exact) mass is 316 g/mol. The fourth-order valence-corrected chi connectivity index (χ4v) is 3.31. The SMILES string of the molecule is OCCCc1cncn1Cc1cccc2cc3ccccc3cc12. The minimum absolute atomic E-state index is 0.214. The quantitative estimate of drug-likeness (QED) is 0.561. The molecule has 0 fully saturated rings. The first-order valence-corrected chi connectivity index (χ1v) is 8.35. The average molecular weight is 316 g/mol. The van der Waals surface area contributed by atoms with Gasteiger partial charge in [0.1, 0.15) is 0 Å². The molecular weight excluding hydrogens is 296 g/mol. The van der Waals surface area contributed by atoms with Crippen LogP contribution in [0, 0.1) is 0 Å². The minimum atomic E-state index is 0.214. The molecule has 0 unspecified atom stereocenters. The Morgan fingerprint density at radius 1 is 0.917 bits per heavy atom. The van der Waals surface area contributed by atoms with Gasteiger partial charge in [-0.1, -0.05) is 42.5 Å². The van der Waals surface area contributed by atoms with Crippen LogP contribution in [-0.4, -0.2) is 21.3 Å². The number of hydrogen-bond acceptors (Lipinski definition) is 2. The summed E-state index contributed by atoms with van der Waals surface area (Å²) in [6, 6.07) is 19.5. The van der Waals surface area contributed by atoms with E-state index in [2.05, 4.69) is 64.1 Å². The molecule has 1 N–H and O–H groups in total. The van der Waals surface area contributed by atoms with Crippen LogP contribution in [0.25, 0.3) is 21.5 Å². The number of rotatable bonds is 5. The van der Waals surface area contributed by atoms with Crippen LogP contribution in [0.4, 0.5) is 0 Å². The highest BCUT2D eigenvalue weighted by atomic mass is 16.2. The average Bonchev–Trinajstić information content (AvgIpc) is 3.05. The minimum Gasteiger partial charge on any atom is -0.396 e. The Morgan fingerprint density at radius 3 is 2.54 bits per heavy atom. The molecule has 0 radical (unpaired) electrons. The van der Waals surface area contributed by atoms with Gasteiger partial charge in [-0.15, -0.1) is 0 Å². The standard InChI is InChI=1S/C21H20N2O/c24-10-4-9-20-13-22-15-23(20)14-19-8-3-7-18-11-16-5-1-2-6-17(16)12-21(18)19/h1-3,5-8,11-13,15,24H,4,9-10,14H2. The number of aromatic nitrogens is 2. The second-order valence-corrected chi connectivity index (χ2v) is 6.18. The summed E-state index contributed by atoms with van der Waals surface area (Å²) in [6.07, 6.45) is 5.40. The zero-order chi connectivity index (χ0) is 16.4. The van der Waals surface area contributed by atoms with Crippen molar-refractivity contribution in [1.29, 1.82) is 0 Å². The number of aryl methyl sites for hydroxylation is 1. The Balaban J connectivity index is 1.76. The van der Waals surface area contributed by atoms with E-state index in [4.69, 9.17) is 5.11 Å². The van der Waals surface area contributed by atoms with Gasteiger partial charge in [-0.2, -0.15) is 0 Å². The number of benzene rings is 3. The van der Waals surface area contributed by atoms with Crippen molar-refractivity contribution in [2.24, 2.45) is 0 Å². The first kappa shape index (κ1) is 14.9. The summed E-state index contributed by atoms with van der Waals surface area (Å²) in [5.41, 5.74) is 2.46. The highest BCUT2D eigenvalue weighted by Crippen LogP contribution is 2.26. The molecule has 3 nitrogen and oxygen atoms in total. The summed E-state index contributed by atoms with van der Waals surface area (Å²) in [4.78, 5) is 4.28. The van der Waals surface area contributed by atoms with E-state index in [0.717, 1.165) is 19.4 Å². The summed E-state index contributed by atoms with van der Waals surface area (Å²) in [5, 5.41) is 14.2. The first-order valence-electron chi connectivity index (χ1n) is 8.35. The molecule has 120 valence electrons. The van der Waals surface area contributed by atoms with Crippen molar-refractivity contribution in [3.8, 4) is 0 Å². The second kappa shape index (κ2) is 6.46.